The number of halogens is 4. The van der Waals surface area contributed by atoms with E-state index in [1.54, 1.807) is 0 Å². The van der Waals surface area contributed by atoms with Crippen LogP contribution in [-0.4, -0.2) is 10.3 Å². The molecule has 1 heterocycles. The molecule has 0 saturated heterocycles. The van der Waals surface area contributed by atoms with E-state index in [2.05, 4.69) is 20.9 Å². The first-order valence-electron chi connectivity index (χ1n) is 3.61. The van der Waals surface area contributed by atoms with Crippen molar-refractivity contribution >= 4 is 15.9 Å². The molecule has 1 aromatic heterocycles. The van der Waals surface area contributed by atoms with Gasteiger partial charge in [0.25, 0.3) is 0 Å². The highest BCUT2D eigenvalue weighted by atomic mass is 79.9. The van der Waals surface area contributed by atoms with Crippen LogP contribution in [0.25, 0.3) is 0 Å². The Morgan fingerprint density at radius 1 is 1.31 bits per heavy atom. The van der Waals surface area contributed by atoms with Gasteiger partial charge in [-0.25, -0.2) is 0 Å². The summed E-state index contributed by atoms with van der Waals surface area (Å²) < 4.78 is 36.5. The van der Waals surface area contributed by atoms with Crippen molar-refractivity contribution in [1.82, 2.24) is 4.98 Å². The summed E-state index contributed by atoms with van der Waals surface area (Å²) >= 11 is 3.15. The molecule has 1 aromatic rings. The zero-order chi connectivity index (χ0) is 9.90. The Bertz CT molecular complexity index is 285. The van der Waals surface area contributed by atoms with Gasteiger partial charge < -0.3 is 0 Å². The Kier molecular flexibility index (Phi) is 3.30. The van der Waals surface area contributed by atoms with Crippen molar-refractivity contribution in [1.29, 1.82) is 0 Å². The van der Waals surface area contributed by atoms with E-state index in [9.17, 15) is 13.2 Å². The lowest BCUT2D eigenvalue weighted by Gasteiger charge is -2.06. The maximum Gasteiger partial charge on any atom is 0.417 e. The quantitative estimate of drug-likeness (QED) is 0.739. The van der Waals surface area contributed by atoms with Crippen LogP contribution in [0.15, 0.2) is 18.5 Å². The Morgan fingerprint density at radius 3 is 2.54 bits per heavy atom. The first-order valence-corrected chi connectivity index (χ1v) is 4.73. The highest BCUT2D eigenvalue weighted by molar-refractivity contribution is 9.09. The van der Waals surface area contributed by atoms with Crippen molar-refractivity contribution < 1.29 is 13.2 Å². The van der Waals surface area contributed by atoms with Gasteiger partial charge in [0.1, 0.15) is 0 Å². The molecule has 1 rings (SSSR count). The molecule has 0 aliphatic carbocycles. The van der Waals surface area contributed by atoms with Gasteiger partial charge in [0.2, 0.25) is 0 Å². The van der Waals surface area contributed by atoms with Crippen LogP contribution in [0.3, 0.4) is 0 Å². The monoisotopic (exact) mass is 253 g/mol. The lowest BCUT2D eigenvalue weighted by atomic mass is 10.1. The predicted molar refractivity (Wildman–Crippen MR) is 46.7 cm³/mol. The first kappa shape index (κ1) is 10.5. The minimum absolute atomic E-state index is 0.552. The number of hydrogen-bond acceptors (Lipinski definition) is 1. The van der Waals surface area contributed by atoms with E-state index in [0.29, 0.717) is 17.3 Å². The molecule has 0 unspecified atom stereocenters. The normalized spacial score (nSPS) is 11.7. The van der Waals surface area contributed by atoms with Crippen LogP contribution in [0, 0.1) is 0 Å². The Labute approximate surface area is 82.1 Å². The number of pyridine rings is 1. The van der Waals surface area contributed by atoms with Crippen LogP contribution >= 0.6 is 15.9 Å². The molecule has 0 atom stereocenters. The fraction of sp³-hybridized carbons (Fsp3) is 0.375. The summed E-state index contributed by atoms with van der Waals surface area (Å²) in [5, 5.41) is 0.635. The second-order valence-corrected chi connectivity index (χ2v) is 3.31. The summed E-state index contributed by atoms with van der Waals surface area (Å²) in [4.78, 5) is 3.53. The van der Waals surface area contributed by atoms with Gasteiger partial charge in [0, 0.05) is 17.7 Å². The number of aryl methyl sites for hydroxylation is 1. The minimum atomic E-state index is -4.30. The fourth-order valence-electron chi connectivity index (χ4n) is 0.888. The van der Waals surface area contributed by atoms with Crippen LogP contribution in [0.1, 0.15) is 11.1 Å². The molecule has 0 aliphatic heterocycles. The zero-order valence-corrected chi connectivity index (χ0v) is 8.19. The summed E-state index contributed by atoms with van der Waals surface area (Å²) in [5.74, 6) is 0. The van der Waals surface area contributed by atoms with Crippen molar-refractivity contribution in [2.24, 2.45) is 0 Å². The van der Waals surface area contributed by atoms with Gasteiger partial charge in [-0.15, -0.1) is 0 Å². The molecule has 0 aliphatic rings. The van der Waals surface area contributed by atoms with E-state index in [4.69, 9.17) is 0 Å². The summed E-state index contributed by atoms with van der Waals surface area (Å²) in [5.41, 5.74) is -0.0994. The lowest BCUT2D eigenvalue weighted by Crippen LogP contribution is -2.06. The molecule has 0 bridgehead atoms. The van der Waals surface area contributed by atoms with Crippen molar-refractivity contribution in [3.05, 3.63) is 29.6 Å². The van der Waals surface area contributed by atoms with E-state index in [-0.39, 0.29) is 0 Å². The Balaban J connectivity index is 2.92. The Hall–Kier alpha value is -0.580. The molecule has 0 N–H and O–H groups in total. The number of alkyl halides is 4. The SMILES string of the molecule is FC(F)(F)c1cncc(CCBr)c1. The third kappa shape index (κ3) is 2.99. The largest absolute Gasteiger partial charge is 0.417 e. The highest BCUT2D eigenvalue weighted by Crippen LogP contribution is 2.28. The molecule has 1 nitrogen and oxygen atoms in total. The molecule has 0 amide bonds. The second kappa shape index (κ2) is 4.09. The van der Waals surface area contributed by atoms with Crippen LogP contribution in [0.2, 0.25) is 0 Å². The Morgan fingerprint density at radius 2 is 2.00 bits per heavy atom. The van der Waals surface area contributed by atoms with Crippen molar-refractivity contribution in [3.8, 4) is 0 Å². The molecule has 5 heteroatoms. The third-order valence-electron chi connectivity index (χ3n) is 1.51. The molecule has 0 radical (unpaired) electrons. The molecule has 72 valence electrons. The molecule has 0 spiro atoms. The van der Waals surface area contributed by atoms with E-state index in [0.717, 1.165) is 12.3 Å². The summed E-state index contributed by atoms with van der Waals surface area (Å²) in [6, 6.07) is 1.12. The van der Waals surface area contributed by atoms with Gasteiger partial charge in [-0.1, -0.05) is 15.9 Å². The standard InChI is InChI=1S/C8H7BrF3N/c9-2-1-6-3-7(5-13-4-6)8(10,11)12/h3-5H,1-2H2. The van der Waals surface area contributed by atoms with E-state index in [1.807, 2.05) is 0 Å². The first-order chi connectivity index (χ1) is 6.04. The smallest absolute Gasteiger partial charge is 0.264 e. The molecule has 0 fully saturated rings. The number of nitrogens with zero attached hydrogens (tertiary/aromatic N) is 1. The van der Waals surface area contributed by atoms with Gasteiger partial charge in [0.15, 0.2) is 0 Å². The summed E-state index contributed by atoms with van der Waals surface area (Å²) in [6.07, 6.45) is -1.47. The topological polar surface area (TPSA) is 12.9 Å². The van der Waals surface area contributed by atoms with Gasteiger partial charge in [-0.05, 0) is 18.1 Å². The maximum absolute atomic E-state index is 12.2. The zero-order valence-electron chi connectivity index (χ0n) is 6.61. The van der Waals surface area contributed by atoms with Crippen LogP contribution < -0.4 is 0 Å². The third-order valence-corrected chi connectivity index (χ3v) is 1.90. The van der Waals surface area contributed by atoms with Crippen LogP contribution in [0.5, 0.6) is 0 Å². The predicted octanol–water partition coefficient (Wildman–Crippen LogP) is 3.04. The molecule has 13 heavy (non-hydrogen) atoms. The molecule has 0 aromatic carbocycles. The van der Waals surface area contributed by atoms with E-state index in [1.165, 1.54) is 6.20 Å². The average molecular weight is 254 g/mol. The average Bonchev–Trinajstić information content (AvgIpc) is 2.04. The number of hydrogen-bond donors (Lipinski definition) is 0. The maximum atomic E-state index is 12.2. The van der Waals surface area contributed by atoms with Gasteiger partial charge in [-0.2, -0.15) is 13.2 Å². The molecular weight excluding hydrogens is 247 g/mol. The van der Waals surface area contributed by atoms with E-state index >= 15 is 0 Å². The van der Waals surface area contributed by atoms with E-state index < -0.39 is 11.7 Å². The number of rotatable bonds is 2. The lowest BCUT2D eigenvalue weighted by molar-refractivity contribution is -0.137. The van der Waals surface area contributed by atoms with Crippen molar-refractivity contribution in [3.63, 3.8) is 0 Å². The summed E-state index contributed by atoms with van der Waals surface area (Å²) in [7, 11) is 0. The fourth-order valence-corrected chi connectivity index (χ4v) is 1.35. The highest BCUT2D eigenvalue weighted by Gasteiger charge is 2.30. The molecular formula is C8H7BrF3N. The number of aromatic nitrogens is 1. The van der Waals surface area contributed by atoms with Gasteiger partial charge in [-0.3, -0.25) is 4.98 Å². The van der Waals surface area contributed by atoms with Crippen molar-refractivity contribution in [2.75, 3.05) is 5.33 Å². The van der Waals surface area contributed by atoms with Gasteiger partial charge in [0.05, 0.1) is 5.56 Å². The van der Waals surface area contributed by atoms with Gasteiger partial charge >= 0.3 is 6.18 Å². The summed E-state index contributed by atoms with van der Waals surface area (Å²) in [6.45, 7) is 0. The molecule has 0 saturated carbocycles. The minimum Gasteiger partial charge on any atom is -0.264 e. The van der Waals surface area contributed by atoms with Crippen LogP contribution in [0.4, 0.5) is 13.2 Å². The second-order valence-electron chi connectivity index (χ2n) is 2.52. The van der Waals surface area contributed by atoms with Crippen molar-refractivity contribution in [2.45, 2.75) is 12.6 Å². The van der Waals surface area contributed by atoms with Crippen LogP contribution in [-0.2, 0) is 12.6 Å².